The van der Waals surface area contributed by atoms with Gasteiger partial charge in [0.25, 0.3) is 0 Å². The minimum Gasteiger partial charge on any atom is -0.469 e. The molecule has 0 aromatic heterocycles. The highest BCUT2D eigenvalue weighted by atomic mass is 16.5. The van der Waals surface area contributed by atoms with Crippen LogP contribution in [0.1, 0.15) is 31.7 Å². The van der Waals surface area contributed by atoms with Crippen molar-refractivity contribution in [3.05, 3.63) is 47.5 Å². The van der Waals surface area contributed by atoms with Gasteiger partial charge in [-0.15, -0.1) is 0 Å². The van der Waals surface area contributed by atoms with Crippen LogP contribution in [0.3, 0.4) is 0 Å². The summed E-state index contributed by atoms with van der Waals surface area (Å²) in [7, 11) is 1.43. The minimum absolute atomic E-state index is 0.0872. The third-order valence-corrected chi connectivity index (χ3v) is 5.18. The second-order valence-corrected chi connectivity index (χ2v) is 6.63. The zero-order valence-electron chi connectivity index (χ0n) is 14.8. The Morgan fingerprint density at radius 3 is 2.72 bits per heavy atom. The van der Waals surface area contributed by atoms with E-state index in [2.05, 4.69) is 17.0 Å². The van der Waals surface area contributed by atoms with Gasteiger partial charge in [-0.2, -0.15) is 0 Å². The van der Waals surface area contributed by atoms with Gasteiger partial charge in [0.05, 0.1) is 19.6 Å². The summed E-state index contributed by atoms with van der Waals surface area (Å²) in [4.78, 5) is 26.6. The van der Waals surface area contributed by atoms with Crippen molar-refractivity contribution in [2.75, 3.05) is 13.7 Å². The van der Waals surface area contributed by atoms with E-state index in [0.717, 1.165) is 31.4 Å². The van der Waals surface area contributed by atoms with Gasteiger partial charge in [0.15, 0.2) is 0 Å². The summed E-state index contributed by atoms with van der Waals surface area (Å²) in [6, 6.07) is 10.5. The molecule has 0 spiro atoms. The van der Waals surface area contributed by atoms with Gasteiger partial charge in [-0.1, -0.05) is 30.3 Å². The molecule has 2 heterocycles. The van der Waals surface area contributed by atoms with Crippen LogP contribution in [0.25, 0.3) is 0 Å². The first-order valence-corrected chi connectivity index (χ1v) is 8.88. The van der Waals surface area contributed by atoms with E-state index in [4.69, 9.17) is 9.47 Å². The van der Waals surface area contributed by atoms with Crippen molar-refractivity contribution >= 4 is 11.9 Å². The maximum Gasteiger partial charge on any atom is 0.330 e. The number of nitrogens with zero attached hydrogens (tertiary/aromatic N) is 1. The quantitative estimate of drug-likeness (QED) is 0.608. The molecule has 0 amide bonds. The molecule has 5 nitrogen and oxygen atoms in total. The van der Waals surface area contributed by atoms with Crippen LogP contribution in [-0.4, -0.2) is 42.6 Å². The molecule has 2 fully saturated rings. The standard InChI is InChI=1S/C20H25NO4/c1-3-25-18(22)11-15-9-10-16-12-17(20(23)24-2)19(15)21(16)13-14-7-5-4-6-8-14/h4-8,11,16-17,19H,3,9-10,12-13H2,1-2H3/b15-11+/t16-,17-,19+/m0/s1. The summed E-state index contributed by atoms with van der Waals surface area (Å²) in [6.45, 7) is 2.91. The lowest BCUT2D eigenvalue weighted by Crippen LogP contribution is -2.43. The Balaban J connectivity index is 1.89. The highest BCUT2D eigenvalue weighted by molar-refractivity contribution is 5.84. The predicted molar refractivity (Wildman–Crippen MR) is 93.6 cm³/mol. The monoisotopic (exact) mass is 343 g/mol. The fourth-order valence-corrected chi connectivity index (χ4v) is 4.14. The molecule has 0 unspecified atom stereocenters. The second-order valence-electron chi connectivity index (χ2n) is 6.63. The summed E-state index contributed by atoms with van der Waals surface area (Å²) in [5, 5.41) is 0. The summed E-state index contributed by atoms with van der Waals surface area (Å²) in [5.74, 6) is -0.741. The fraction of sp³-hybridized carbons (Fsp3) is 0.500. The molecule has 134 valence electrons. The van der Waals surface area contributed by atoms with Crippen LogP contribution >= 0.6 is 0 Å². The number of hydrogen-bond donors (Lipinski definition) is 0. The second kappa shape index (κ2) is 7.83. The van der Waals surface area contributed by atoms with Gasteiger partial charge >= 0.3 is 11.9 Å². The minimum atomic E-state index is -0.328. The Kier molecular flexibility index (Phi) is 5.53. The van der Waals surface area contributed by atoms with E-state index >= 15 is 0 Å². The van der Waals surface area contributed by atoms with E-state index < -0.39 is 0 Å². The van der Waals surface area contributed by atoms with Gasteiger partial charge in [0.2, 0.25) is 0 Å². The van der Waals surface area contributed by atoms with Crippen molar-refractivity contribution < 1.29 is 19.1 Å². The molecule has 0 saturated carbocycles. The van der Waals surface area contributed by atoms with Crippen LogP contribution in [0, 0.1) is 5.92 Å². The van der Waals surface area contributed by atoms with Crippen LogP contribution in [-0.2, 0) is 25.6 Å². The molecular weight excluding hydrogens is 318 g/mol. The Morgan fingerprint density at radius 1 is 1.28 bits per heavy atom. The Hall–Kier alpha value is -2.14. The van der Waals surface area contributed by atoms with Gasteiger partial charge in [0.1, 0.15) is 0 Å². The fourth-order valence-electron chi connectivity index (χ4n) is 4.14. The molecule has 1 aromatic rings. The summed E-state index contributed by atoms with van der Waals surface area (Å²) >= 11 is 0. The number of benzene rings is 1. The first-order valence-electron chi connectivity index (χ1n) is 8.88. The molecule has 2 aliphatic heterocycles. The molecule has 2 saturated heterocycles. The summed E-state index contributed by atoms with van der Waals surface area (Å²) in [5.41, 5.74) is 2.19. The van der Waals surface area contributed by atoms with Crippen molar-refractivity contribution in [3.63, 3.8) is 0 Å². The number of carbonyl (C=O) groups excluding carboxylic acids is 2. The van der Waals surface area contributed by atoms with Crippen molar-refractivity contribution in [2.45, 2.75) is 44.8 Å². The molecule has 25 heavy (non-hydrogen) atoms. The van der Waals surface area contributed by atoms with Crippen molar-refractivity contribution in [1.82, 2.24) is 4.90 Å². The lowest BCUT2D eigenvalue weighted by Gasteiger charge is -2.37. The Labute approximate surface area is 148 Å². The van der Waals surface area contributed by atoms with Gasteiger partial charge in [-0.05, 0) is 37.3 Å². The molecule has 0 N–H and O–H groups in total. The third-order valence-electron chi connectivity index (χ3n) is 5.18. The van der Waals surface area contributed by atoms with Gasteiger partial charge in [0, 0.05) is 24.7 Å². The Morgan fingerprint density at radius 2 is 2.04 bits per heavy atom. The number of fused-ring (bicyclic) bond motifs is 2. The number of rotatable bonds is 5. The zero-order chi connectivity index (χ0) is 17.8. The largest absolute Gasteiger partial charge is 0.469 e. The highest BCUT2D eigenvalue weighted by Gasteiger charge is 2.49. The van der Waals surface area contributed by atoms with Gasteiger partial charge in [-0.3, -0.25) is 9.69 Å². The number of carbonyl (C=O) groups is 2. The molecule has 0 aliphatic carbocycles. The maximum absolute atomic E-state index is 12.3. The smallest absolute Gasteiger partial charge is 0.330 e. The van der Waals surface area contributed by atoms with Crippen molar-refractivity contribution in [2.24, 2.45) is 5.92 Å². The van der Waals surface area contributed by atoms with E-state index in [1.165, 1.54) is 12.7 Å². The number of hydrogen-bond acceptors (Lipinski definition) is 5. The number of methoxy groups -OCH3 is 1. The summed E-state index contributed by atoms with van der Waals surface area (Å²) < 4.78 is 10.1. The normalized spacial score (nSPS) is 27.3. The van der Waals surface area contributed by atoms with Crippen LogP contribution < -0.4 is 0 Å². The lowest BCUT2D eigenvalue weighted by atomic mass is 9.91. The van der Waals surface area contributed by atoms with E-state index in [0.29, 0.717) is 12.6 Å². The molecule has 2 bridgehead atoms. The average molecular weight is 343 g/mol. The Bertz CT molecular complexity index is 655. The molecule has 3 atom stereocenters. The first-order chi connectivity index (χ1) is 12.1. The number of piperidine rings is 1. The number of esters is 2. The van der Waals surface area contributed by atoms with Gasteiger partial charge in [-0.25, -0.2) is 4.79 Å². The topological polar surface area (TPSA) is 55.8 Å². The van der Waals surface area contributed by atoms with Crippen LogP contribution in [0.4, 0.5) is 0 Å². The SMILES string of the molecule is CCOC(=O)/C=C1\CC[C@H]2C[C@H](C(=O)OC)[C@@H]1N2Cc1ccccc1. The van der Waals surface area contributed by atoms with Crippen molar-refractivity contribution in [1.29, 1.82) is 0 Å². The van der Waals surface area contributed by atoms with E-state index in [9.17, 15) is 9.59 Å². The molecule has 1 aromatic carbocycles. The van der Waals surface area contributed by atoms with Crippen LogP contribution in [0.5, 0.6) is 0 Å². The maximum atomic E-state index is 12.3. The highest BCUT2D eigenvalue weighted by Crippen LogP contribution is 2.43. The zero-order valence-corrected chi connectivity index (χ0v) is 14.8. The van der Waals surface area contributed by atoms with E-state index in [1.54, 1.807) is 13.0 Å². The molecular formula is C20H25NO4. The summed E-state index contributed by atoms with van der Waals surface area (Å²) in [6.07, 6.45) is 4.14. The predicted octanol–water partition coefficient (Wildman–Crippen LogP) is 2.70. The van der Waals surface area contributed by atoms with Crippen LogP contribution in [0.15, 0.2) is 42.0 Å². The molecule has 3 rings (SSSR count). The molecule has 5 heteroatoms. The third kappa shape index (κ3) is 3.76. The molecule has 2 aliphatic rings. The number of ether oxygens (including phenoxy) is 2. The van der Waals surface area contributed by atoms with Crippen LogP contribution in [0.2, 0.25) is 0 Å². The van der Waals surface area contributed by atoms with Gasteiger partial charge < -0.3 is 9.47 Å². The lowest BCUT2D eigenvalue weighted by molar-refractivity contribution is -0.146. The van der Waals surface area contributed by atoms with Crippen molar-refractivity contribution in [3.8, 4) is 0 Å². The average Bonchev–Trinajstić information content (AvgIpc) is 2.86. The molecule has 0 radical (unpaired) electrons. The first kappa shape index (κ1) is 17.7. The van der Waals surface area contributed by atoms with E-state index in [-0.39, 0.29) is 23.9 Å². The van der Waals surface area contributed by atoms with E-state index in [1.807, 2.05) is 18.2 Å².